The summed E-state index contributed by atoms with van der Waals surface area (Å²) in [6.45, 7) is 4.72. The Morgan fingerprint density at radius 3 is 2.92 bits per heavy atom. The van der Waals surface area contributed by atoms with Gasteiger partial charge in [0.15, 0.2) is 11.9 Å². The fraction of sp³-hybridized carbons (Fsp3) is 0.556. The van der Waals surface area contributed by atoms with Crippen molar-refractivity contribution in [1.29, 1.82) is 0 Å². The van der Waals surface area contributed by atoms with Gasteiger partial charge < -0.3 is 19.9 Å². The zero-order valence-corrected chi connectivity index (χ0v) is 16.7. The van der Waals surface area contributed by atoms with Gasteiger partial charge in [-0.1, -0.05) is 11.6 Å². The molecule has 0 radical (unpaired) electrons. The molecule has 1 fully saturated rings. The monoisotopic (exact) mass is 393 g/mol. The lowest BCUT2D eigenvalue weighted by atomic mass is 10.0. The van der Waals surface area contributed by atoms with E-state index < -0.39 is 0 Å². The van der Waals surface area contributed by atoms with Crippen LogP contribution in [0.3, 0.4) is 0 Å². The van der Waals surface area contributed by atoms with Gasteiger partial charge in [-0.3, -0.25) is 4.99 Å². The van der Waals surface area contributed by atoms with Gasteiger partial charge >= 0.3 is 0 Å². The highest BCUT2D eigenvalue weighted by atomic mass is 35.5. The average Bonchev–Trinajstić information content (AvgIpc) is 3.00. The number of hydrogen-bond acceptors (Lipinski definition) is 5. The number of amidine groups is 1. The Morgan fingerprint density at radius 1 is 1.35 bits per heavy atom. The Labute approximate surface area is 163 Å². The van der Waals surface area contributed by atoms with E-state index in [-0.39, 0.29) is 12.1 Å². The number of likely N-dealkylation sites (N-methyl/N-ethyl adjacent to an activating group) is 1. The molecule has 1 saturated heterocycles. The first-order valence-electron chi connectivity index (χ1n) is 8.94. The zero-order valence-electron chi connectivity index (χ0n) is 15.1. The maximum Gasteiger partial charge on any atom is 0.220 e. The third-order valence-electron chi connectivity index (χ3n) is 5.01. The summed E-state index contributed by atoms with van der Waals surface area (Å²) >= 11 is 8.02. The van der Waals surface area contributed by atoms with Gasteiger partial charge in [-0.15, -0.1) is 0 Å². The van der Waals surface area contributed by atoms with Crippen molar-refractivity contribution >= 4 is 35.2 Å². The van der Waals surface area contributed by atoms with Gasteiger partial charge in [-0.2, -0.15) is 16.8 Å². The molecule has 1 aromatic carbocycles. The predicted octanol–water partition coefficient (Wildman–Crippen LogP) is 2.11. The minimum atomic E-state index is -0.133. The highest BCUT2D eigenvalue weighted by Gasteiger charge is 2.43. The molecule has 0 amide bonds. The number of nitrogens with one attached hydrogen (secondary N) is 1. The second-order valence-corrected chi connectivity index (χ2v) is 8.22. The Bertz CT molecular complexity index is 732. The zero-order chi connectivity index (χ0) is 18.1. The van der Waals surface area contributed by atoms with Crippen molar-refractivity contribution in [3.05, 3.63) is 28.8 Å². The maximum absolute atomic E-state index is 6.27. The Kier molecular flexibility index (Phi) is 5.29. The largest absolute Gasteiger partial charge is 0.480 e. The molecule has 2 atom stereocenters. The van der Waals surface area contributed by atoms with Gasteiger partial charge in [0.2, 0.25) is 5.96 Å². The molecule has 26 heavy (non-hydrogen) atoms. The molecule has 1 aromatic rings. The lowest BCUT2D eigenvalue weighted by molar-refractivity contribution is 0.185. The van der Waals surface area contributed by atoms with Crippen molar-refractivity contribution in [3.8, 4) is 5.75 Å². The third kappa shape index (κ3) is 3.52. The second-order valence-electron chi connectivity index (χ2n) is 6.80. The molecule has 2 unspecified atom stereocenters. The molecule has 0 aliphatic carbocycles. The lowest BCUT2D eigenvalue weighted by Gasteiger charge is -2.39. The van der Waals surface area contributed by atoms with Crippen molar-refractivity contribution in [1.82, 2.24) is 15.1 Å². The van der Waals surface area contributed by atoms with Crippen LogP contribution >= 0.6 is 23.4 Å². The van der Waals surface area contributed by atoms with Gasteiger partial charge in [0.05, 0.1) is 6.54 Å². The summed E-state index contributed by atoms with van der Waals surface area (Å²) in [7, 11) is 2.16. The van der Waals surface area contributed by atoms with E-state index in [2.05, 4.69) is 33.4 Å². The molecule has 0 saturated carbocycles. The van der Waals surface area contributed by atoms with Crippen LogP contribution in [0.15, 0.2) is 28.2 Å². The normalized spacial score (nSPS) is 26.8. The van der Waals surface area contributed by atoms with Crippen LogP contribution in [-0.2, 0) is 0 Å². The van der Waals surface area contributed by atoms with Crippen LogP contribution in [0.1, 0.15) is 11.6 Å². The summed E-state index contributed by atoms with van der Waals surface area (Å²) in [5, 5.41) is 4.19. The first-order valence-corrected chi connectivity index (χ1v) is 10.7. The molecule has 3 heterocycles. The summed E-state index contributed by atoms with van der Waals surface area (Å²) in [6.07, 6.45) is 1.96. The third-order valence-corrected chi connectivity index (χ3v) is 5.83. The van der Waals surface area contributed by atoms with Gasteiger partial charge in [0.1, 0.15) is 11.8 Å². The topological polar surface area (TPSA) is 52.5 Å². The number of benzene rings is 1. The lowest BCUT2D eigenvalue weighted by Crippen LogP contribution is -2.56. The Morgan fingerprint density at radius 2 is 2.15 bits per heavy atom. The molecule has 0 bridgehead atoms. The second kappa shape index (κ2) is 7.66. The number of thioether (sulfide) groups is 1. The number of fused-ring (bicyclic) bond motifs is 3. The van der Waals surface area contributed by atoms with Gasteiger partial charge in [-0.05, 0) is 31.5 Å². The number of halogens is 1. The molecule has 3 aliphatic rings. The minimum Gasteiger partial charge on any atom is -0.480 e. The molecule has 8 heteroatoms. The number of guanidine groups is 1. The van der Waals surface area contributed by atoms with Crippen LogP contribution in [0.2, 0.25) is 5.02 Å². The molecular weight excluding hydrogens is 370 g/mol. The van der Waals surface area contributed by atoms with E-state index in [0.717, 1.165) is 60.6 Å². The Hall–Kier alpha value is -1.44. The smallest absolute Gasteiger partial charge is 0.220 e. The fourth-order valence-corrected chi connectivity index (χ4v) is 4.00. The van der Waals surface area contributed by atoms with Crippen molar-refractivity contribution in [2.75, 3.05) is 51.8 Å². The van der Waals surface area contributed by atoms with E-state index in [1.165, 1.54) is 0 Å². The molecule has 0 aromatic heterocycles. The first kappa shape index (κ1) is 17.9. The molecule has 1 N–H and O–H groups in total. The van der Waals surface area contributed by atoms with Gasteiger partial charge in [0, 0.05) is 42.5 Å². The SMILES string of the molecule is CSCCN=C1N=C(N2CCN(C)CC2)C2Oc3ccc(Cl)cc3C2N1. The van der Waals surface area contributed by atoms with Crippen LogP contribution < -0.4 is 10.1 Å². The number of aliphatic imine (C=N–C) groups is 2. The van der Waals surface area contributed by atoms with E-state index in [1.807, 2.05) is 18.2 Å². The van der Waals surface area contributed by atoms with Crippen LogP contribution in [-0.4, -0.2) is 79.5 Å². The highest BCUT2D eigenvalue weighted by Crippen LogP contribution is 2.40. The van der Waals surface area contributed by atoms with E-state index in [4.69, 9.17) is 21.3 Å². The summed E-state index contributed by atoms with van der Waals surface area (Å²) < 4.78 is 6.27. The number of ether oxygens (including phenoxy) is 1. The highest BCUT2D eigenvalue weighted by molar-refractivity contribution is 7.98. The summed E-state index contributed by atoms with van der Waals surface area (Å²) in [5.41, 5.74) is 1.08. The van der Waals surface area contributed by atoms with E-state index in [9.17, 15) is 0 Å². The van der Waals surface area contributed by atoms with Crippen LogP contribution in [0.5, 0.6) is 5.75 Å². The average molecular weight is 394 g/mol. The van der Waals surface area contributed by atoms with Crippen molar-refractivity contribution < 1.29 is 4.74 Å². The van der Waals surface area contributed by atoms with Crippen LogP contribution in [0.4, 0.5) is 0 Å². The van der Waals surface area contributed by atoms with Crippen molar-refractivity contribution in [2.45, 2.75) is 12.1 Å². The van der Waals surface area contributed by atoms with E-state index in [0.29, 0.717) is 5.96 Å². The van der Waals surface area contributed by atoms with Crippen LogP contribution in [0, 0.1) is 0 Å². The molecular formula is C18H24ClN5OS. The molecule has 0 spiro atoms. The fourth-order valence-electron chi connectivity index (χ4n) is 3.55. The van der Waals surface area contributed by atoms with Crippen molar-refractivity contribution in [3.63, 3.8) is 0 Å². The van der Waals surface area contributed by atoms with Crippen molar-refractivity contribution in [2.24, 2.45) is 9.98 Å². The molecule has 140 valence electrons. The standard InChI is InChI=1S/C18H24ClN5OS/c1-23-6-8-24(9-7-23)17-16-15(21-18(22-17)20-5-10-26-2)13-11-12(19)3-4-14(13)25-16/h3-4,11,15-16H,5-10H2,1-2H3,(H,20,21). The quantitative estimate of drug-likeness (QED) is 0.797. The number of hydrogen-bond donors (Lipinski definition) is 1. The minimum absolute atomic E-state index is 0.00360. The Balaban J connectivity index is 1.65. The van der Waals surface area contributed by atoms with E-state index in [1.54, 1.807) is 11.8 Å². The molecule has 3 aliphatic heterocycles. The molecule has 6 nitrogen and oxygen atoms in total. The number of rotatable bonds is 3. The van der Waals surface area contributed by atoms with E-state index >= 15 is 0 Å². The number of nitrogens with zero attached hydrogens (tertiary/aromatic N) is 4. The summed E-state index contributed by atoms with van der Waals surface area (Å²) in [6, 6.07) is 5.81. The summed E-state index contributed by atoms with van der Waals surface area (Å²) in [5.74, 6) is 3.55. The maximum atomic E-state index is 6.27. The number of piperazine rings is 1. The van der Waals surface area contributed by atoms with Gasteiger partial charge in [-0.25, -0.2) is 0 Å². The van der Waals surface area contributed by atoms with Crippen LogP contribution in [0.25, 0.3) is 0 Å². The first-order chi connectivity index (χ1) is 12.7. The van der Waals surface area contributed by atoms with Gasteiger partial charge in [0.25, 0.3) is 0 Å². The molecule has 4 rings (SSSR count). The summed E-state index contributed by atoms with van der Waals surface area (Å²) in [4.78, 5) is 14.2. The predicted molar refractivity (Wildman–Crippen MR) is 109 cm³/mol.